The fourth-order valence-corrected chi connectivity index (χ4v) is 4.86. The van der Waals surface area contributed by atoms with Gasteiger partial charge in [0.25, 0.3) is 0 Å². The molecule has 2 N–H and O–H groups in total. The molecule has 5 heteroatoms. The summed E-state index contributed by atoms with van der Waals surface area (Å²) in [5.41, 5.74) is 2.68. The number of aliphatic hydroxyl groups excluding tert-OH is 2. The van der Waals surface area contributed by atoms with Crippen molar-refractivity contribution in [1.82, 2.24) is 0 Å². The average molecular weight is 411 g/mol. The molecule has 0 radical (unpaired) electrons. The fraction of sp³-hybridized carbons (Fsp3) is 0.480. The van der Waals surface area contributed by atoms with Crippen LogP contribution in [0.4, 0.5) is 0 Å². The average Bonchev–Trinajstić information content (AvgIpc) is 3.28. The molecule has 0 amide bonds. The van der Waals surface area contributed by atoms with Gasteiger partial charge in [0, 0.05) is 18.8 Å². The van der Waals surface area contributed by atoms with Crippen LogP contribution in [0.2, 0.25) is 0 Å². The number of rotatable bonds is 7. The van der Waals surface area contributed by atoms with Crippen molar-refractivity contribution in [2.75, 3.05) is 0 Å². The molecule has 2 aliphatic rings. The molecule has 2 fully saturated rings. The zero-order chi connectivity index (χ0) is 21.1. The Bertz CT molecular complexity index is 834. The highest BCUT2D eigenvalue weighted by Gasteiger charge is 2.50. The van der Waals surface area contributed by atoms with Crippen LogP contribution in [0.5, 0.6) is 0 Å². The van der Waals surface area contributed by atoms with Crippen molar-refractivity contribution in [3.63, 3.8) is 0 Å². The second-order valence-corrected chi connectivity index (χ2v) is 8.45. The van der Waals surface area contributed by atoms with E-state index in [1.54, 1.807) is 12.1 Å². The van der Waals surface area contributed by atoms with E-state index in [9.17, 15) is 15.0 Å². The van der Waals surface area contributed by atoms with Crippen molar-refractivity contribution in [1.29, 1.82) is 0 Å². The molecule has 0 unspecified atom stereocenters. The Labute approximate surface area is 177 Å². The molecule has 1 aliphatic heterocycles. The second-order valence-electron chi connectivity index (χ2n) is 8.45. The van der Waals surface area contributed by atoms with Crippen molar-refractivity contribution >= 4 is 5.97 Å². The van der Waals surface area contributed by atoms with Crippen LogP contribution in [0, 0.1) is 11.8 Å². The Balaban J connectivity index is 1.43. The Morgan fingerprint density at radius 1 is 1.10 bits per heavy atom. The van der Waals surface area contributed by atoms with Gasteiger partial charge in [0.1, 0.15) is 6.10 Å². The molecule has 2 aromatic carbocycles. The summed E-state index contributed by atoms with van der Waals surface area (Å²) in [5, 5.41) is 19.9. The smallest absolute Gasteiger partial charge is 0.338 e. The van der Waals surface area contributed by atoms with Gasteiger partial charge in [-0.25, -0.2) is 4.79 Å². The van der Waals surface area contributed by atoms with Crippen LogP contribution in [-0.4, -0.2) is 40.8 Å². The van der Waals surface area contributed by atoms with Gasteiger partial charge in [0.15, 0.2) is 6.29 Å². The van der Waals surface area contributed by atoms with Gasteiger partial charge in [-0.15, -0.1) is 0 Å². The van der Waals surface area contributed by atoms with Crippen LogP contribution in [0.15, 0.2) is 54.6 Å². The Hall–Kier alpha value is -2.21. The summed E-state index contributed by atoms with van der Waals surface area (Å²) in [7, 11) is 0. The number of aliphatic hydroxyl groups is 2. The maximum absolute atomic E-state index is 12.8. The van der Waals surface area contributed by atoms with E-state index in [1.165, 1.54) is 0 Å². The van der Waals surface area contributed by atoms with Gasteiger partial charge < -0.3 is 19.7 Å². The summed E-state index contributed by atoms with van der Waals surface area (Å²) >= 11 is 0. The predicted molar refractivity (Wildman–Crippen MR) is 114 cm³/mol. The predicted octanol–water partition coefficient (Wildman–Crippen LogP) is 4.17. The largest absolute Gasteiger partial charge is 0.458 e. The van der Waals surface area contributed by atoms with E-state index in [0.29, 0.717) is 31.2 Å². The molecule has 1 heterocycles. The molecule has 160 valence electrons. The number of carbonyl (C=O) groups excluding carboxylic acids is 1. The zero-order valence-corrected chi connectivity index (χ0v) is 17.3. The molecule has 1 saturated heterocycles. The number of benzene rings is 2. The van der Waals surface area contributed by atoms with E-state index in [1.807, 2.05) is 49.4 Å². The summed E-state index contributed by atoms with van der Waals surface area (Å²) in [6.07, 6.45) is 1.88. The van der Waals surface area contributed by atoms with Crippen molar-refractivity contribution in [3.05, 3.63) is 60.2 Å². The minimum absolute atomic E-state index is 0.0815. The molecule has 0 spiro atoms. The molecule has 1 saturated carbocycles. The molecule has 6 atom stereocenters. The molecule has 2 aromatic rings. The normalized spacial score (nSPS) is 28.8. The van der Waals surface area contributed by atoms with Crippen molar-refractivity contribution in [2.24, 2.45) is 11.8 Å². The molecule has 4 rings (SSSR count). The Morgan fingerprint density at radius 2 is 1.80 bits per heavy atom. The molecular formula is C25H30O5. The minimum atomic E-state index is -0.735. The minimum Gasteiger partial charge on any atom is -0.458 e. The van der Waals surface area contributed by atoms with Gasteiger partial charge in [0.05, 0.1) is 17.8 Å². The molecule has 1 aliphatic carbocycles. The van der Waals surface area contributed by atoms with Gasteiger partial charge >= 0.3 is 5.97 Å². The first-order valence-electron chi connectivity index (χ1n) is 10.9. The van der Waals surface area contributed by atoms with Gasteiger partial charge in [0.2, 0.25) is 0 Å². The fourth-order valence-electron chi connectivity index (χ4n) is 4.86. The summed E-state index contributed by atoms with van der Waals surface area (Å²) in [5.74, 6) is -0.0654. The van der Waals surface area contributed by atoms with Crippen LogP contribution >= 0.6 is 0 Å². The quantitative estimate of drug-likeness (QED) is 0.670. The SMILES string of the molecule is CC[C@H](O)CC[C@@H]1[C@H]2C[C@@H](O)O[C@H]2C[C@H]1OC(=O)c1ccc(-c2ccccc2)cc1. The number of carbonyl (C=O) groups is 1. The number of hydrogen-bond acceptors (Lipinski definition) is 5. The first-order chi connectivity index (χ1) is 14.5. The topological polar surface area (TPSA) is 76.0 Å². The Morgan fingerprint density at radius 3 is 2.50 bits per heavy atom. The molecular weight excluding hydrogens is 380 g/mol. The monoisotopic (exact) mass is 410 g/mol. The van der Waals surface area contributed by atoms with E-state index < -0.39 is 6.29 Å². The number of ether oxygens (including phenoxy) is 2. The highest BCUT2D eigenvalue weighted by molar-refractivity contribution is 5.90. The van der Waals surface area contributed by atoms with Crippen molar-refractivity contribution in [2.45, 2.75) is 63.6 Å². The molecule has 0 bridgehead atoms. The third-order valence-corrected chi connectivity index (χ3v) is 6.57. The first kappa shape index (κ1) is 21.0. The Kier molecular flexibility index (Phi) is 6.52. The standard InChI is InChI=1S/C25H30O5/c1-2-19(26)12-13-20-21-14-24(27)29-23(21)15-22(20)30-25(28)18-10-8-17(9-11-18)16-6-4-3-5-7-16/h3-11,19-24,26-27H,2,12-15H2,1H3/t19-,20+,21+,22+,23-,24-/m0/s1. The number of hydrogen-bond donors (Lipinski definition) is 2. The zero-order valence-electron chi connectivity index (χ0n) is 17.3. The summed E-state index contributed by atoms with van der Waals surface area (Å²) < 4.78 is 11.5. The van der Waals surface area contributed by atoms with Gasteiger partial charge in [-0.3, -0.25) is 0 Å². The van der Waals surface area contributed by atoms with Crippen LogP contribution < -0.4 is 0 Å². The van der Waals surface area contributed by atoms with Crippen LogP contribution in [0.25, 0.3) is 11.1 Å². The highest BCUT2D eigenvalue weighted by Crippen LogP contribution is 2.46. The van der Waals surface area contributed by atoms with Gasteiger partial charge in [-0.05, 0) is 48.4 Å². The van der Waals surface area contributed by atoms with Crippen molar-refractivity contribution in [3.8, 4) is 11.1 Å². The van der Waals surface area contributed by atoms with Crippen LogP contribution in [-0.2, 0) is 9.47 Å². The molecule has 30 heavy (non-hydrogen) atoms. The van der Waals surface area contributed by atoms with Crippen LogP contribution in [0.3, 0.4) is 0 Å². The number of fused-ring (bicyclic) bond motifs is 1. The van der Waals surface area contributed by atoms with Gasteiger partial charge in [-0.2, -0.15) is 0 Å². The second kappa shape index (κ2) is 9.29. The summed E-state index contributed by atoms with van der Waals surface area (Å²) in [4.78, 5) is 12.8. The van der Waals surface area contributed by atoms with Crippen molar-refractivity contribution < 1.29 is 24.5 Å². The lowest BCUT2D eigenvalue weighted by Gasteiger charge is -2.25. The van der Waals surface area contributed by atoms with Crippen LogP contribution in [0.1, 0.15) is 49.4 Å². The van der Waals surface area contributed by atoms with E-state index in [0.717, 1.165) is 17.5 Å². The maximum atomic E-state index is 12.8. The first-order valence-corrected chi connectivity index (χ1v) is 10.9. The van der Waals surface area contributed by atoms with Gasteiger partial charge in [-0.1, -0.05) is 49.4 Å². The summed E-state index contributed by atoms with van der Waals surface area (Å²) in [6.45, 7) is 1.96. The lowest BCUT2D eigenvalue weighted by molar-refractivity contribution is -0.0958. The molecule has 0 aromatic heterocycles. The van der Waals surface area contributed by atoms with E-state index in [2.05, 4.69) is 0 Å². The number of esters is 1. The van der Waals surface area contributed by atoms with E-state index in [4.69, 9.17) is 9.47 Å². The summed E-state index contributed by atoms with van der Waals surface area (Å²) in [6, 6.07) is 17.5. The lowest BCUT2D eigenvalue weighted by atomic mass is 9.87. The maximum Gasteiger partial charge on any atom is 0.338 e. The highest BCUT2D eigenvalue weighted by atomic mass is 16.6. The third kappa shape index (κ3) is 4.59. The third-order valence-electron chi connectivity index (χ3n) is 6.57. The van der Waals surface area contributed by atoms with E-state index in [-0.39, 0.29) is 36.1 Å². The lowest BCUT2D eigenvalue weighted by Crippen LogP contribution is -2.27. The molecule has 5 nitrogen and oxygen atoms in total. The van der Waals surface area contributed by atoms with E-state index >= 15 is 0 Å².